The lowest BCUT2D eigenvalue weighted by molar-refractivity contribution is -0.356. The van der Waals surface area contributed by atoms with Gasteiger partial charge in [-0.2, -0.15) is 0 Å². The third kappa shape index (κ3) is 7.91. The van der Waals surface area contributed by atoms with Crippen LogP contribution < -0.4 is 5.11 Å². The van der Waals surface area contributed by atoms with Crippen molar-refractivity contribution in [1.82, 2.24) is 4.90 Å². The average molecular weight is 499 g/mol. The number of hydrogen-bond donors (Lipinski definition) is 0. The van der Waals surface area contributed by atoms with Gasteiger partial charge in [-0.1, -0.05) is 134 Å². The molecule has 0 spiro atoms. The van der Waals surface area contributed by atoms with Gasteiger partial charge in [-0.3, -0.25) is 0 Å². The van der Waals surface area contributed by atoms with Crippen LogP contribution in [0.15, 0.2) is 145 Å². The van der Waals surface area contributed by atoms with Crippen molar-refractivity contribution in [3.05, 3.63) is 167 Å². The summed E-state index contributed by atoms with van der Waals surface area (Å²) in [6.45, 7) is 2.70. The molecule has 0 amide bonds. The van der Waals surface area contributed by atoms with Crippen LogP contribution in [-0.4, -0.2) is 11.5 Å². The normalized spacial score (nSPS) is 12.2. The van der Waals surface area contributed by atoms with E-state index in [0.29, 0.717) is 19.6 Å². The molecule has 0 aliphatic rings. The first kappa shape index (κ1) is 26.4. The zero-order chi connectivity index (χ0) is 26.4. The van der Waals surface area contributed by atoms with Gasteiger partial charge >= 0.3 is 0 Å². The molecule has 0 fully saturated rings. The SMILES string of the molecule is CCO/C([O-])=C/C(=C/Cc1ccccc1)N(Cc1ccccc1)C(C#Cc1ccccc1)c1ccccc1. The summed E-state index contributed by atoms with van der Waals surface area (Å²) in [7, 11) is 0. The number of rotatable bonds is 10. The van der Waals surface area contributed by atoms with Gasteiger partial charge < -0.3 is 14.7 Å². The first-order valence-corrected chi connectivity index (χ1v) is 12.9. The topological polar surface area (TPSA) is 35.5 Å². The first-order valence-electron chi connectivity index (χ1n) is 12.9. The Morgan fingerprint density at radius 2 is 1.34 bits per heavy atom. The summed E-state index contributed by atoms with van der Waals surface area (Å²) in [5.74, 6) is 6.52. The van der Waals surface area contributed by atoms with E-state index >= 15 is 0 Å². The molecular formula is C35H32NO2-. The Kier molecular flexibility index (Phi) is 9.83. The van der Waals surface area contributed by atoms with Crippen molar-refractivity contribution >= 4 is 0 Å². The van der Waals surface area contributed by atoms with Crippen molar-refractivity contribution in [2.45, 2.75) is 25.9 Å². The predicted molar refractivity (Wildman–Crippen MR) is 152 cm³/mol. The van der Waals surface area contributed by atoms with Gasteiger partial charge in [-0.25, -0.2) is 0 Å². The molecule has 0 bridgehead atoms. The van der Waals surface area contributed by atoms with Crippen molar-refractivity contribution in [2.75, 3.05) is 6.61 Å². The molecule has 3 heteroatoms. The molecular weight excluding hydrogens is 466 g/mol. The Hall–Kier alpha value is -4.68. The van der Waals surface area contributed by atoms with E-state index in [1.807, 2.05) is 91.9 Å². The van der Waals surface area contributed by atoms with Crippen LogP contribution in [0, 0.1) is 11.8 Å². The second kappa shape index (κ2) is 14.2. The Labute approximate surface area is 226 Å². The quantitative estimate of drug-likeness (QED) is 0.140. The molecule has 4 rings (SSSR count). The highest BCUT2D eigenvalue weighted by atomic mass is 16.6. The predicted octanol–water partition coefficient (Wildman–Crippen LogP) is 6.65. The second-order valence-electron chi connectivity index (χ2n) is 8.78. The number of ether oxygens (including phenoxy) is 1. The lowest BCUT2D eigenvalue weighted by atomic mass is 10.0. The molecule has 0 aliphatic heterocycles. The summed E-state index contributed by atoms with van der Waals surface area (Å²) in [5.41, 5.74) is 5.05. The number of hydrogen-bond acceptors (Lipinski definition) is 3. The fourth-order valence-corrected chi connectivity index (χ4v) is 4.16. The Bertz CT molecular complexity index is 1370. The third-order valence-electron chi connectivity index (χ3n) is 6.02. The van der Waals surface area contributed by atoms with Crippen molar-refractivity contribution < 1.29 is 9.84 Å². The highest BCUT2D eigenvalue weighted by molar-refractivity contribution is 5.39. The minimum Gasteiger partial charge on any atom is -0.613 e. The molecule has 4 aromatic rings. The molecule has 0 radical (unpaired) electrons. The molecule has 1 unspecified atom stereocenters. The summed E-state index contributed by atoms with van der Waals surface area (Å²) < 4.78 is 5.34. The van der Waals surface area contributed by atoms with Gasteiger partial charge in [0.15, 0.2) is 0 Å². The second-order valence-corrected chi connectivity index (χ2v) is 8.78. The van der Waals surface area contributed by atoms with Gasteiger partial charge in [-0.15, -0.1) is 0 Å². The zero-order valence-corrected chi connectivity index (χ0v) is 21.7. The summed E-state index contributed by atoms with van der Waals surface area (Å²) in [6, 6.07) is 40.4. The van der Waals surface area contributed by atoms with Gasteiger partial charge in [0.1, 0.15) is 6.04 Å². The van der Waals surface area contributed by atoms with E-state index in [-0.39, 0.29) is 12.0 Å². The van der Waals surface area contributed by atoms with E-state index in [2.05, 4.69) is 59.2 Å². The largest absolute Gasteiger partial charge is 0.613 e. The van der Waals surface area contributed by atoms with Crippen LogP contribution in [0.4, 0.5) is 0 Å². The lowest BCUT2D eigenvalue weighted by Crippen LogP contribution is -2.28. The van der Waals surface area contributed by atoms with E-state index in [4.69, 9.17) is 4.74 Å². The maximum Gasteiger partial charge on any atom is 0.117 e. The van der Waals surface area contributed by atoms with Crippen LogP contribution in [0.1, 0.15) is 35.2 Å². The molecule has 0 aliphatic carbocycles. The van der Waals surface area contributed by atoms with Crippen molar-refractivity contribution in [3.8, 4) is 11.8 Å². The highest BCUT2D eigenvalue weighted by Gasteiger charge is 2.21. The fraction of sp³-hybridized carbons (Fsp3) is 0.143. The average Bonchev–Trinajstić information content (AvgIpc) is 2.97. The van der Waals surface area contributed by atoms with Gasteiger partial charge in [0.2, 0.25) is 0 Å². The number of allylic oxidation sites excluding steroid dienone is 2. The Balaban J connectivity index is 1.85. The summed E-state index contributed by atoms with van der Waals surface area (Å²) in [4.78, 5) is 2.19. The molecule has 1 atom stereocenters. The van der Waals surface area contributed by atoms with Crippen LogP contribution in [0.5, 0.6) is 0 Å². The van der Waals surface area contributed by atoms with Gasteiger partial charge in [-0.05, 0) is 47.9 Å². The summed E-state index contributed by atoms with van der Waals surface area (Å²) >= 11 is 0. The van der Waals surface area contributed by atoms with E-state index < -0.39 is 0 Å². The molecule has 3 nitrogen and oxygen atoms in total. The minimum absolute atomic E-state index is 0.302. The van der Waals surface area contributed by atoms with E-state index in [9.17, 15) is 5.11 Å². The number of benzene rings is 4. The summed E-state index contributed by atoms with van der Waals surface area (Å²) in [6.07, 6.45) is 4.36. The van der Waals surface area contributed by atoms with E-state index in [1.54, 1.807) is 6.08 Å². The minimum atomic E-state index is -0.368. The van der Waals surface area contributed by atoms with Crippen LogP contribution in [0.25, 0.3) is 0 Å². The highest BCUT2D eigenvalue weighted by Crippen LogP contribution is 2.28. The molecule has 0 heterocycles. The van der Waals surface area contributed by atoms with Gasteiger partial charge in [0.25, 0.3) is 0 Å². The fourth-order valence-electron chi connectivity index (χ4n) is 4.16. The zero-order valence-electron chi connectivity index (χ0n) is 21.7. The third-order valence-corrected chi connectivity index (χ3v) is 6.02. The monoisotopic (exact) mass is 498 g/mol. The van der Waals surface area contributed by atoms with Crippen molar-refractivity contribution in [2.24, 2.45) is 0 Å². The molecule has 0 saturated carbocycles. The molecule has 190 valence electrons. The smallest absolute Gasteiger partial charge is 0.117 e. The lowest BCUT2D eigenvalue weighted by Gasteiger charge is -2.33. The maximum absolute atomic E-state index is 12.8. The van der Waals surface area contributed by atoms with Gasteiger partial charge in [0.05, 0.1) is 5.95 Å². The van der Waals surface area contributed by atoms with E-state index in [1.165, 1.54) is 0 Å². The summed E-state index contributed by atoms with van der Waals surface area (Å²) in [5, 5.41) is 12.8. The molecule has 0 aromatic heterocycles. The van der Waals surface area contributed by atoms with Crippen LogP contribution in [0.2, 0.25) is 0 Å². The molecule has 38 heavy (non-hydrogen) atoms. The van der Waals surface area contributed by atoms with Crippen molar-refractivity contribution in [3.63, 3.8) is 0 Å². The van der Waals surface area contributed by atoms with Crippen LogP contribution >= 0.6 is 0 Å². The number of nitrogens with zero attached hydrogens (tertiary/aromatic N) is 1. The molecule has 0 saturated heterocycles. The first-order chi connectivity index (χ1) is 18.7. The van der Waals surface area contributed by atoms with Crippen molar-refractivity contribution in [1.29, 1.82) is 0 Å². The van der Waals surface area contributed by atoms with E-state index in [0.717, 1.165) is 28.0 Å². The molecule has 4 aromatic carbocycles. The van der Waals surface area contributed by atoms with Crippen LogP contribution in [0.3, 0.4) is 0 Å². The van der Waals surface area contributed by atoms with Gasteiger partial charge in [0, 0.05) is 17.8 Å². The molecule has 0 N–H and O–H groups in total. The Morgan fingerprint density at radius 3 is 1.95 bits per heavy atom. The maximum atomic E-state index is 12.8. The Morgan fingerprint density at radius 1 is 0.789 bits per heavy atom. The standard InChI is InChI=1S/C35H33NO2/c1-2-38-35(37)27-33(25-23-29-15-7-3-8-16-29)36(28-31-19-11-5-12-20-31)34(32-21-13-6-14-22-32)26-24-30-17-9-4-10-18-30/h3-22,25,27,34,37H,2,23,28H2,1H3/p-1/b33-25-,35-27+. The van der Waals surface area contributed by atoms with Crippen LogP contribution in [-0.2, 0) is 17.7 Å².